The molecule has 6 heteroatoms. The summed E-state index contributed by atoms with van der Waals surface area (Å²) in [7, 11) is 0. The molecular formula is C20H21ClN4S. The summed E-state index contributed by atoms with van der Waals surface area (Å²) in [6.45, 7) is 3.93. The van der Waals surface area contributed by atoms with Gasteiger partial charge in [0.15, 0.2) is 5.11 Å². The predicted octanol–water partition coefficient (Wildman–Crippen LogP) is 5.10. The normalized spacial score (nSPS) is 17.5. The van der Waals surface area contributed by atoms with E-state index < -0.39 is 0 Å². The van der Waals surface area contributed by atoms with Crippen molar-refractivity contribution in [2.24, 2.45) is 0 Å². The second kappa shape index (κ2) is 7.25. The second-order valence-electron chi connectivity index (χ2n) is 6.87. The quantitative estimate of drug-likeness (QED) is 0.603. The summed E-state index contributed by atoms with van der Waals surface area (Å²) in [6, 6.07) is 14.0. The van der Waals surface area contributed by atoms with Gasteiger partial charge in [-0.2, -0.15) is 0 Å². The molecular weight excluding hydrogens is 364 g/mol. The van der Waals surface area contributed by atoms with Crippen molar-refractivity contribution in [2.75, 3.05) is 18.4 Å². The zero-order valence-electron chi connectivity index (χ0n) is 14.6. The van der Waals surface area contributed by atoms with Gasteiger partial charge in [-0.3, -0.25) is 0 Å². The summed E-state index contributed by atoms with van der Waals surface area (Å²) < 4.78 is 0. The van der Waals surface area contributed by atoms with Crippen molar-refractivity contribution < 1.29 is 0 Å². The van der Waals surface area contributed by atoms with Crippen LogP contribution < -0.4 is 5.32 Å². The van der Waals surface area contributed by atoms with Gasteiger partial charge in [0, 0.05) is 29.7 Å². The van der Waals surface area contributed by atoms with Crippen molar-refractivity contribution in [1.82, 2.24) is 14.9 Å². The van der Waals surface area contributed by atoms with Crippen LogP contribution in [0.3, 0.4) is 0 Å². The van der Waals surface area contributed by atoms with Crippen molar-refractivity contribution in [2.45, 2.75) is 25.7 Å². The van der Waals surface area contributed by atoms with Crippen LogP contribution in [-0.2, 0) is 0 Å². The number of hydrogen-bond donors (Lipinski definition) is 2. The van der Waals surface area contributed by atoms with E-state index >= 15 is 0 Å². The third kappa shape index (κ3) is 3.69. The van der Waals surface area contributed by atoms with Gasteiger partial charge in [-0.25, -0.2) is 4.98 Å². The number of halogens is 1. The first-order valence-corrected chi connectivity index (χ1v) is 9.65. The van der Waals surface area contributed by atoms with E-state index in [2.05, 4.69) is 40.3 Å². The minimum atomic E-state index is 0.357. The molecule has 134 valence electrons. The number of anilines is 1. The first-order valence-electron chi connectivity index (χ1n) is 8.86. The van der Waals surface area contributed by atoms with Gasteiger partial charge in [-0.05, 0) is 67.9 Å². The molecule has 3 aromatic rings. The number of piperidine rings is 1. The van der Waals surface area contributed by atoms with Gasteiger partial charge in [-0.1, -0.05) is 23.7 Å². The molecule has 26 heavy (non-hydrogen) atoms. The number of imidazole rings is 1. The van der Waals surface area contributed by atoms with Crippen LogP contribution in [-0.4, -0.2) is 33.1 Å². The van der Waals surface area contributed by atoms with Crippen LogP contribution in [0.5, 0.6) is 0 Å². The standard InChI is InChI=1S/C20H21ClN4S/c1-13-7-8-17-18(10-13)24-19(23-17)14-4-3-9-25(12-14)20(26)22-16-6-2-5-15(21)11-16/h2,5-8,10-11,14H,3-4,9,12H2,1H3,(H,22,26)(H,23,24). The van der Waals surface area contributed by atoms with E-state index in [1.165, 1.54) is 5.56 Å². The van der Waals surface area contributed by atoms with E-state index in [0.717, 1.165) is 53.6 Å². The summed E-state index contributed by atoms with van der Waals surface area (Å²) >= 11 is 11.7. The minimum absolute atomic E-state index is 0.357. The summed E-state index contributed by atoms with van der Waals surface area (Å²) in [5, 5.41) is 4.74. The number of thiocarbonyl (C=S) groups is 1. The number of nitrogens with one attached hydrogen (secondary N) is 2. The number of rotatable bonds is 2. The van der Waals surface area contributed by atoms with Crippen LogP contribution in [0.1, 0.15) is 30.1 Å². The Kier molecular flexibility index (Phi) is 4.83. The minimum Gasteiger partial charge on any atom is -0.348 e. The highest BCUT2D eigenvalue weighted by atomic mass is 35.5. The predicted molar refractivity (Wildman–Crippen MR) is 112 cm³/mol. The van der Waals surface area contributed by atoms with Crippen molar-refractivity contribution in [3.8, 4) is 0 Å². The Labute approximate surface area is 163 Å². The van der Waals surface area contributed by atoms with Gasteiger partial charge in [-0.15, -0.1) is 0 Å². The van der Waals surface area contributed by atoms with Crippen molar-refractivity contribution >= 4 is 45.7 Å². The number of likely N-dealkylation sites (tertiary alicyclic amines) is 1. The molecule has 1 unspecified atom stereocenters. The maximum absolute atomic E-state index is 6.06. The number of aromatic nitrogens is 2. The molecule has 0 saturated carbocycles. The lowest BCUT2D eigenvalue weighted by Crippen LogP contribution is -2.41. The van der Waals surface area contributed by atoms with Crippen LogP contribution in [0, 0.1) is 6.92 Å². The molecule has 1 aliphatic heterocycles. The molecule has 1 atom stereocenters. The summed E-state index contributed by atoms with van der Waals surface area (Å²) in [6.07, 6.45) is 2.22. The molecule has 2 heterocycles. The molecule has 1 aromatic heterocycles. The fraction of sp³-hybridized carbons (Fsp3) is 0.300. The number of fused-ring (bicyclic) bond motifs is 1. The zero-order chi connectivity index (χ0) is 18.1. The second-order valence-corrected chi connectivity index (χ2v) is 7.69. The van der Waals surface area contributed by atoms with Crippen molar-refractivity contribution in [3.05, 3.63) is 58.9 Å². The Morgan fingerprint density at radius 1 is 1.31 bits per heavy atom. The van der Waals surface area contributed by atoms with Crippen LogP contribution >= 0.6 is 23.8 Å². The third-order valence-electron chi connectivity index (χ3n) is 4.83. The van der Waals surface area contributed by atoms with Crippen LogP contribution in [0.4, 0.5) is 5.69 Å². The Bertz CT molecular complexity index is 952. The molecule has 2 N–H and O–H groups in total. The molecule has 0 amide bonds. The number of H-pyrrole nitrogens is 1. The van der Waals surface area contributed by atoms with E-state index in [0.29, 0.717) is 10.9 Å². The van der Waals surface area contributed by atoms with Gasteiger partial charge in [0.05, 0.1) is 11.0 Å². The maximum atomic E-state index is 6.06. The number of aromatic amines is 1. The molecule has 4 rings (SSSR count). The van der Waals surface area contributed by atoms with Gasteiger partial charge in [0.1, 0.15) is 5.82 Å². The van der Waals surface area contributed by atoms with Crippen LogP contribution in [0.15, 0.2) is 42.5 Å². The molecule has 2 aromatic carbocycles. The lowest BCUT2D eigenvalue weighted by molar-refractivity contribution is 0.307. The van der Waals surface area contributed by atoms with E-state index in [9.17, 15) is 0 Å². The topological polar surface area (TPSA) is 44.0 Å². The lowest BCUT2D eigenvalue weighted by atomic mass is 9.98. The molecule has 1 saturated heterocycles. The SMILES string of the molecule is Cc1ccc2nc(C3CCCN(C(=S)Nc4cccc(Cl)c4)C3)[nH]c2c1. The lowest BCUT2D eigenvalue weighted by Gasteiger charge is -2.33. The van der Waals surface area contributed by atoms with Crippen LogP contribution in [0.25, 0.3) is 11.0 Å². The molecule has 0 bridgehead atoms. The first-order chi connectivity index (χ1) is 12.6. The van der Waals surface area contributed by atoms with Gasteiger partial charge < -0.3 is 15.2 Å². The molecule has 4 nitrogen and oxygen atoms in total. The molecule has 1 fully saturated rings. The number of hydrogen-bond acceptors (Lipinski definition) is 2. The molecule has 1 aliphatic rings. The Morgan fingerprint density at radius 3 is 3.04 bits per heavy atom. The average molecular weight is 385 g/mol. The summed E-state index contributed by atoms with van der Waals surface area (Å²) in [4.78, 5) is 10.5. The number of aryl methyl sites for hydroxylation is 1. The van der Waals surface area contributed by atoms with Crippen LogP contribution in [0.2, 0.25) is 5.02 Å². The van der Waals surface area contributed by atoms with Gasteiger partial charge >= 0.3 is 0 Å². The fourth-order valence-corrected chi connectivity index (χ4v) is 3.96. The van der Waals surface area contributed by atoms with Crippen molar-refractivity contribution in [1.29, 1.82) is 0 Å². The fourth-order valence-electron chi connectivity index (χ4n) is 3.49. The Morgan fingerprint density at radius 2 is 2.19 bits per heavy atom. The third-order valence-corrected chi connectivity index (χ3v) is 5.42. The van der Waals surface area contributed by atoms with E-state index in [1.54, 1.807) is 0 Å². The number of benzene rings is 2. The smallest absolute Gasteiger partial charge is 0.173 e. The summed E-state index contributed by atoms with van der Waals surface area (Å²) in [5.74, 6) is 1.41. The molecule has 0 radical (unpaired) electrons. The summed E-state index contributed by atoms with van der Waals surface area (Å²) in [5.41, 5.74) is 4.30. The van der Waals surface area contributed by atoms with E-state index in [-0.39, 0.29) is 0 Å². The van der Waals surface area contributed by atoms with Crippen molar-refractivity contribution in [3.63, 3.8) is 0 Å². The van der Waals surface area contributed by atoms with Gasteiger partial charge in [0.25, 0.3) is 0 Å². The molecule has 0 spiro atoms. The zero-order valence-corrected chi connectivity index (χ0v) is 16.2. The monoisotopic (exact) mass is 384 g/mol. The highest BCUT2D eigenvalue weighted by Crippen LogP contribution is 2.27. The molecule has 0 aliphatic carbocycles. The average Bonchev–Trinajstić information content (AvgIpc) is 3.05. The van der Waals surface area contributed by atoms with Gasteiger partial charge in [0.2, 0.25) is 0 Å². The largest absolute Gasteiger partial charge is 0.348 e. The number of nitrogens with zero attached hydrogens (tertiary/aromatic N) is 2. The van der Waals surface area contributed by atoms with E-state index in [1.807, 2.05) is 24.3 Å². The maximum Gasteiger partial charge on any atom is 0.173 e. The highest BCUT2D eigenvalue weighted by Gasteiger charge is 2.25. The first kappa shape index (κ1) is 17.3. The highest BCUT2D eigenvalue weighted by molar-refractivity contribution is 7.80. The Hall–Kier alpha value is -2.11. The van der Waals surface area contributed by atoms with E-state index in [4.69, 9.17) is 28.8 Å². The Balaban J connectivity index is 1.48.